The molecule has 7 heteroatoms. The first kappa shape index (κ1) is 14.4. The highest BCUT2D eigenvalue weighted by molar-refractivity contribution is 7.71. The fourth-order valence-corrected chi connectivity index (χ4v) is 2.28. The summed E-state index contributed by atoms with van der Waals surface area (Å²) >= 11 is 5.22. The Morgan fingerprint density at radius 2 is 2.15 bits per heavy atom. The Balaban J connectivity index is 2.57. The second kappa shape index (κ2) is 5.54. The number of H-pyrrole nitrogens is 1. The molecular formula is C13H16N4O2S. The summed E-state index contributed by atoms with van der Waals surface area (Å²) in [7, 11) is 0. The van der Waals surface area contributed by atoms with Crippen LogP contribution in [-0.4, -0.2) is 19.7 Å². The molecular weight excluding hydrogens is 276 g/mol. The van der Waals surface area contributed by atoms with Crippen molar-refractivity contribution in [3.63, 3.8) is 0 Å². The Bertz CT molecular complexity index is 703. The van der Waals surface area contributed by atoms with E-state index in [0.717, 1.165) is 5.56 Å². The average Bonchev–Trinajstić information content (AvgIpc) is 2.69. The standard InChI is InChI=1S/C13H16N4O2S/c1-8(2)7-16-12(14-15-13(16)20)10-4-9(3)5-11(6-10)17(18)19/h4-6,8H,7H2,1-3H3,(H,15,20). The predicted octanol–water partition coefficient (Wildman–Crippen LogP) is 3.48. The van der Waals surface area contributed by atoms with Crippen molar-refractivity contribution >= 4 is 17.9 Å². The summed E-state index contributed by atoms with van der Waals surface area (Å²) in [5.41, 5.74) is 1.58. The van der Waals surface area contributed by atoms with Gasteiger partial charge in [-0.15, -0.1) is 0 Å². The predicted molar refractivity (Wildman–Crippen MR) is 79.1 cm³/mol. The molecule has 1 aromatic heterocycles. The minimum absolute atomic E-state index is 0.0602. The van der Waals surface area contributed by atoms with Crippen LogP contribution in [0.25, 0.3) is 11.4 Å². The molecule has 0 amide bonds. The van der Waals surface area contributed by atoms with Crippen LogP contribution >= 0.6 is 12.2 Å². The topological polar surface area (TPSA) is 76.8 Å². The van der Waals surface area contributed by atoms with Gasteiger partial charge in [-0.05, 0) is 36.7 Å². The summed E-state index contributed by atoms with van der Waals surface area (Å²) < 4.78 is 2.40. The zero-order chi connectivity index (χ0) is 14.9. The van der Waals surface area contributed by atoms with Gasteiger partial charge in [0.25, 0.3) is 5.69 Å². The highest BCUT2D eigenvalue weighted by Crippen LogP contribution is 2.25. The molecule has 2 rings (SSSR count). The number of aromatic nitrogens is 3. The lowest BCUT2D eigenvalue weighted by Crippen LogP contribution is -2.06. The highest BCUT2D eigenvalue weighted by atomic mass is 32.1. The highest BCUT2D eigenvalue weighted by Gasteiger charge is 2.15. The minimum Gasteiger partial charge on any atom is -0.300 e. The summed E-state index contributed by atoms with van der Waals surface area (Å²) in [5.74, 6) is 1.04. The van der Waals surface area contributed by atoms with Crippen molar-refractivity contribution < 1.29 is 4.92 Å². The molecule has 0 saturated heterocycles. The number of nitrogens with zero attached hydrogens (tertiary/aromatic N) is 3. The summed E-state index contributed by atoms with van der Waals surface area (Å²) in [6.45, 7) is 6.70. The van der Waals surface area contributed by atoms with E-state index in [9.17, 15) is 10.1 Å². The molecule has 0 saturated carbocycles. The molecule has 0 atom stereocenters. The van der Waals surface area contributed by atoms with Gasteiger partial charge in [-0.1, -0.05) is 13.8 Å². The molecule has 0 aliphatic heterocycles. The lowest BCUT2D eigenvalue weighted by molar-refractivity contribution is -0.384. The first-order valence-electron chi connectivity index (χ1n) is 6.30. The molecule has 0 bridgehead atoms. The summed E-state index contributed by atoms with van der Waals surface area (Å²) in [4.78, 5) is 10.6. The molecule has 0 radical (unpaired) electrons. The van der Waals surface area contributed by atoms with Gasteiger partial charge in [0, 0.05) is 24.2 Å². The van der Waals surface area contributed by atoms with Crippen LogP contribution in [0.15, 0.2) is 18.2 Å². The number of hydrogen-bond donors (Lipinski definition) is 1. The van der Waals surface area contributed by atoms with Crippen LogP contribution < -0.4 is 0 Å². The normalized spacial score (nSPS) is 11.0. The first-order valence-corrected chi connectivity index (χ1v) is 6.71. The van der Waals surface area contributed by atoms with Gasteiger partial charge in [-0.25, -0.2) is 0 Å². The second-order valence-corrected chi connectivity index (χ2v) is 5.56. The van der Waals surface area contributed by atoms with Gasteiger partial charge in [-0.2, -0.15) is 5.10 Å². The van der Waals surface area contributed by atoms with E-state index < -0.39 is 4.92 Å². The Hall–Kier alpha value is -2.02. The van der Waals surface area contributed by atoms with Crippen LogP contribution in [0, 0.1) is 27.7 Å². The molecule has 0 aliphatic rings. The maximum atomic E-state index is 11.0. The monoisotopic (exact) mass is 292 g/mol. The maximum absolute atomic E-state index is 11.0. The SMILES string of the molecule is Cc1cc(-c2n[nH]c(=S)n2CC(C)C)cc([N+](=O)[O-])c1. The van der Waals surface area contributed by atoms with Crippen molar-refractivity contribution in [3.8, 4) is 11.4 Å². The van der Waals surface area contributed by atoms with E-state index in [-0.39, 0.29) is 5.69 Å². The van der Waals surface area contributed by atoms with E-state index in [4.69, 9.17) is 12.2 Å². The minimum atomic E-state index is -0.398. The fraction of sp³-hybridized carbons (Fsp3) is 0.385. The van der Waals surface area contributed by atoms with Crippen LogP contribution in [0.2, 0.25) is 0 Å². The Morgan fingerprint density at radius 3 is 2.75 bits per heavy atom. The van der Waals surface area contributed by atoms with Crippen molar-refractivity contribution in [2.75, 3.05) is 0 Å². The number of nitro benzene ring substituents is 1. The molecule has 1 heterocycles. The van der Waals surface area contributed by atoms with Gasteiger partial charge in [-0.3, -0.25) is 19.8 Å². The van der Waals surface area contributed by atoms with E-state index in [2.05, 4.69) is 24.0 Å². The Kier molecular flexibility index (Phi) is 3.99. The van der Waals surface area contributed by atoms with Crippen LogP contribution in [0.1, 0.15) is 19.4 Å². The third-order valence-corrected chi connectivity index (χ3v) is 3.15. The van der Waals surface area contributed by atoms with Crippen molar-refractivity contribution in [2.24, 2.45) is 5.92 Å². The van der Waals surface area contributed by atoms with Crippen molar-refractivity contribution in [2.45, 2.75) is 27.3 Å². The van der Waals surface area contributed by atoms with E-state index >= 15 is 0 Å². The number of non-ortho nitro benzene ring substituents is 1. The number of aromatic amines is 1. The first-order chi connectivity index (χ1) is 9.38. The molecule has 6 nitrogen and oxygen atoms in total. The Morgan fingerprint density at radius 1 is 1.45 bits per heavy atom. The summed E-state index contributed by atoms with van der Waals surface area (Å²) in [6, 6.07) is 4.93. The fourth-order valence-electron chi connectivity index (χ4n) is 2.07. The van der Waals surface area contributed by atoms with Crippen molar-refractivity contribution in [1.82, 2.24) is 14.8 Å². The Labute approximate surface area is 121 Å². The van der Waals surface area contributed by atoms with Gasteiger partial charge in [0.05, 0.1) is 4.92 Å². The van der Waals surface area contributed by atoms with Crippen LogP contribution in [0.4, 0.5) is 5.69 Å². The van der Waals surface area contributed by atoms with Crippen LogP contribution in [0.5, 0.6) is 0 Å². The maximum Gasteiger partial charge on any atom is 0.270 e. The van der Waals surface area contributed by atoms with Crippen LogP contribution in [0.3, 0.4) is 0 Å². The van der Waals surface area contributed by atoms with E-state index in [1.807, 2.05) is 17.6 Å². The van der Waals surface area contributed by atoms with Gasteiger partial charge < -0.3 is 0 Å². The van der Waals surface area contributed by atoms with E-state index in [1.54, 1.807) is 0 Å². The second-order valence-electron chi connectivity index (χ2n) is 5.17. The van der Waals surface area contributed by atoms with Gasteiger partial charge in [0.1, 0.15) is 0 Å². The molecule has 1 N–H and O–H groups in total. The zero-order valence-electron chi connectivity index (χ0n) is 11.6. The molecule has 0 fully saturated rings. The molecule has 0 aliphatic carbocycles. The number of nitro groups is 1. The number of hydrogen-bond acceptors (Lipinski definition) is 4. The van der Waals surface area contributed by atoms with Crippen LogP contribution in [-0.2, 0) is 6.54 Å². The van der Waals surface area contributed by atoms with E-state index in [1.165, 1.54) is 12.1 Å². The molecule has 1 aromatic carbocycles. The van der Waals surface area contributed by atoms with Gasteiger partial charge in [0.15, 0.2) is 10.6 Å². The number of nitrogens with one attached hydrogen (secondary N) is 1. The van der Waals surface area contributed by atoms with E-state index in [0.29, 0.717) is 28.6 Å². The van der Waals surface area contributed by atoms with Gasteiger partial charge in [0.2, 0.25) is 0 Å². The summed E-state index contributed by atoms with van der Waals surface area (Å²) in [6.07, 6.45) is 0. The zero-order valence-corrected chi connectivity index (χ0v) is 12.4. The van der Waals surface area contributed by atoms with Gasteiger partial charge >= 0.3 is 0 Å². The van der Waals surface area contributed by atoms with Crippen molar-refractivity contribution in [1.29, 1.82) is 0 Å². The molecule has 106 valence electrons. The third kappa shape index (κ3) is 2.93. The number of benzene rings is 1. The molecule has 2 aromatic rings. The van der Waals surface area contributed by atoms with Crippen molar-refractivity contribution in [3.05, 3.63) is 38.6 Å². The third-order valence-electron chi connectivity index (χ3n) is 2.84. The smallest absolute Gasteiger partial charge is 0.270 e. The summed E-state index contributed by atoms with van der Waals surface area (Å²) in [5, 5.41) is 17.9. The quantitative estimate of drug-likeness (QED) is 0.531. The molecule has 0 unspecified atom stereocenters. The number of aryl methyl sites for hydroxylation is 1. The lowest BCUT2D eigenvalue weighted by atomic mass is 10.1. The lowest BCUT2D eigenvalue weighted by Gasteiger charge is -2.09. The molecule has 20 heavy (non-hydrogen) atoms. The number of rotatable bonds is 4. The average molecular weight is 292 g/mol. The molecule has 0 spiro atoms. The largest absolute Gasteiger partial charge is 0.300 e.